The second kappa shape index (κ2) is 12.7. The van der Waals surface area contributed by atoms with Crippen molar-refractivity contribution in [1.29, 1.82) is 0 Å². The average molecular weight is 393 g/mol. The molecule has 0 aliphatic rings. The number of hydrogen-bond donors (Lipinski definition) is 3. The predicted octanol–water partition coefficient (Wildman–Crippen LogP) is 3.31. The van der Waals surface area contributed by atoms with Crippen LogP contribution in [0.15, 0.2) is 91.0 Å². The van der Waals surface area contributed by atoms with Crippen molar-refractivity contribution in [2.45, 2.75) is 18.6 Å². The predicted molar refractivity (Wildman–Crippen MR) is 109 cm³/mol. The standard InChI is InChI=1S/C15H16O2.C7H6O2.Ca.2H/c16-14(12-7-3-1-4-8-12)11-15(17)13-9-5-2-6-10-13;8-7(9)6-4-2-1-3-5-6;;;/h1-10,14-17H,11H2;1-5H,(H,8,9);;;. The van der Waals surface area contributed by atoms with Gasteiger partial charge in [0.1, 0.15) is 0 Å². The number of hydrogen-bond acceptors (Lipinski definition) is 3. The van der Waals surface area contributed by atoms with E-state index in [9.17, 15) is 15.0 Å². The van der Waals surface area contributed by atoms with E-state index >= 15 is 0 Å². The topological polar surface area (TPSA) is 77.8 Å². The Labute approximate surface area is 189 Å². The molecule has 5 heteroatoms. The molecule has 27 heavy (non-hydrogen) atoms. The van der Waals surface area contributed by atoms with E-state index in [1.165, 1.54) is 0 Å². The van der Waals surface area contributed by atoms with Crippen molar-refractivity contribution in [3.63, 3.8) is 0 Å². The van der Waals surface area contributed by atoms with Crippen LogP contribution >= 0.6 is 0 Å². The van der Waals surface area contributed by atoms with Crippen LogP contribution in [0, 0.1) is 0 Å². The fraction of sp³-hybridized carbons (Fsp3) is 0.136. The number of carbonyl (C=O) groups is 1. The summed E-state index contributed by atoms with van der Waals surface area (Å²) in [7, 11) is 0. The Kier molecular flexibility index (Phi) is 10.9. The molecule has 3 N–H and O–H groups in total. The number of carboxylic acid groups (broad SMARTS) is 1. The molecule has 0 heterocycles. The molecule has 0 bridgehead atoms. The Balaban J connectivity index is 0.000000310. The maximum atomic E-state index is 10.2. The molecule has 138 valence electrons. The summed E-state index contributed by atoms with van der Waals surface area (Å²) in [6, 6.07) is 27.1. The molecule has 0 spiro atoms. The Morgan fingerprint density at radius 1 is 0.667 bits per heavy atom. The van der Waals surface area contributed by atoms with Crippen molar-refractivity contribution >= 4 is 43.7 Å². The summed E-state index contributed by atoms with van der Waals surface area (Å²) in [6.07, 6.45) is -0.952. The summed E-state index contributed by atoms with van der Waals surface area (Å²) in [5.41, 5.74) is 2.00. The Morgan fingerprint density at radius 3 is 1.30 bits per heavy atom. The van der Waals surface area contributed by atoms with Crippen LogP contribution in [-0.4, -0.2) is 59.0 Å². The summed E-state index contributed by atoms with van der Waals surface area (Å²) in [6.45, 7) is 0. The minimum absolute atomic E-state index is 0. The summed E-state index contributed by atoms with van der Waals surface area (Å²) in [4.78, 5) is 10.2. The molecule has 0 amide bonds. The van der Waals surface area contributed by atoms with Crippen LogP contribution in [0.1, 0.15) is 40.1 Å². The van der Waals surface area contributed by atoms with E-state index in [1.807, 2.05) is 60.7 Å². The normalized spacial score (nSPS) is 11.9. The van der Waals surface area contributed by atoms with Gasteiger partial charge in [0.15, 0.2) is 0 Å². The molecule has 0 saturated heterocycles. The minimum atomic E-state index is -0.879. The molecular formula is C22H24CaO4. The van der Waals surface area contributed by atoms with Gasteiger partial charge in [0.2, 0.25) is 0 Å². The van der Waals surface area contributed by atoms with E-state index in [0.29, 0.717) is 12.0 Å². The van der Waals surface area contributed by atoms with Gasteiger partial charge in [0, 0.05) is 6.42 Å². The van der Waals surface area contributed by atoms with E-state index in [-0.39, 0.29) is 37.7 Å². The zero-order chi connectivity index (χ0) is 18.8. The number of aliphatic hydroxyl groups is 2. The van der Waals surface area contributed by atoms with E-state index in [4.69, 9.17) is 5.11 Å². The first-order chi connectivity index (χ1) is 12.6. The zero-order valence-corrected chi connectivity index (χ0v) is 14.3. The molecule has 0 radical (unpaired) electrons. The maximum absolute atomic E-state index is 10.2. The third-order valence-corrected chi connectivity index (χ3v) is 3.84. The number of benzene rings is 3. The fourth-order valence-electron chi connectivity index (χ4n) is 2.41. The molecule has 0 fully saturated rings. The molecule has 2 unspecified atom stereocenters. The molecule has 0 saturated carbocycles. The molecule has 2 atom stereocenters. The van der Waals surface area contributed by atoms with Gasteiger partial charge in [-0.1, -0.05) is 78.9 Å². The third kappa shape index (κ3) is 8.24. The number of aromatic carboxylic acids is 1. The molecule has 3 aromatic rings. The molecule has 3 aromatic carbocycles. The molecule has 0 aliphatic heterocycles. The summed E-state index contributed by atoms with van der Waals surface area (Å²) in [5, 5.41) is 28.4. The van der Waals surface area contributed by atoms with Crippen LogP contribution in [0.3, 0.4) is 0 Å². The zero-order valence-electron chi connectivity index (χ0n) is 14.3. The van der Waals surface area contributed by atoms with Gasteiger partial charge in [-0.05, 0) is 23.3 Å². The van der Waals surface area contributed by atoms with Gasteiger partial charge in [0.25, 0.3) is 0 Å². The molecule has 4 nitrogen and oxygen atoms in total. The number of aliphatic hydroxyl groups excluding tert-OH is 2. The van der Waals surface area contributed by atoms with Crippen molar-refractivity contribution in [3.05, 3.63) is 108 Å². The second-order valence-electron chi connectivity index (χ2n) is 5.76. The monoisotopic (exact) mass is 392 g/mol. The van der Waals surface area contributed by atoms with E-state index < -0.39 is 18.2 Å². The fourth-order valence-corrected chi connectivity index (χ4v) is 2.41. The van der Waals surface area contributed by atoms with Gasteiger partial charge >= 0.3 is 43.7 Å². The van der Waals surface area contributed by atoms with Gasteiger partial charge in [0.05, 0.1) is 17.8 Å². The number of rotatable bonds is 5. The first-order valence-corrected chi connectivity index (χ1v) is 8.32. The van der Waals surface area contributed by atoms with Crippen molar-refractivity contribution in [2.75, 3.05) is 0 Å². The third-order valence-electron chi connectivity index (χ3n) is 3.84. The van der Waals surface area contributed by atoms with E-state index in [0.717, 1.165) is 11.1 Å². The van der Waals surface area contributed by atoms with E-state index in [2.05, 4.69) is 0 Å². The van der Waals surface area contributed by atoms with Gasteiger partial charge < -0.3 is 15.3 Å². The Hall–Kier alpha value is -1.69. The number of carboxylic acids is 1. The molecule has 0 aliphatic carbocycles. The average Bonchev–Trinajstić information content (AvgIpc) is 2.70. The van der Waals surface area contributed by atoms with Gasteiger partial charge in [-0.3, -0.25) is 0 Å². The van der Waals surface area contributed by atoms with Crippen molar-refractivity contribution in [1.82, 2.24) is 0 Å². The van der Waals surface area contributed by atoms with Crippen LogP contribution in [-0.2, 0) is 0 Å². The van der Waals surface area contributed by atoms with E-state index in [1.54, 1.807) is 30.3 Å². The van der Waals surface area contributed by atoms with Crippen LogP contribution in [0.25, 0.3) is 0 Å². The van der Waals surface area contributed by atoms with Crippen LogP contribution in [0.4, 0.5) is 0 Å². The molecule has 0 aromatic heterocycles. The Morgan fingerprint density at radius 2 is 1.00 bits per heavy atom. The summed E-state index contributed by atoms with van der Waals surface area (Å²) >= 11 is 0. The quantitative estimate of drug-likeness (QED) is 0.582. The first kappa shape index (κ1) is 23.3. The van der Waals surface area contributed by atoms with Gasteiger partial charge in [-0.15, -0.1) is 0 Å². The van der Waals surface area contributed by atoms with Crippen molar-refractivity contribution in [3.8, 4) is 0 Å². The summed E-state index contributed by atoms with van der Waals surface area (Å²) < 4.78 is 0. The SMILES string of the molecule is O=C(O)c1ccccc1.OC(CC(O)c1ccccc1)c1ccccc1.[CaH2]. The molecule has 3 rings (SSSR count). The van der Waals surface area contributed by atoms with Crippen molar-refractivity contribution in [2.24, 2.45) is 0 Å². The van der Waals surface area contributed by atoms with Gasteiger partial charge in [-0.25, -0.2) is 4.79 Å². The summed E-state index contributed by atoms with van der Waals surface area (Å²) in [5.74, 6) is -0.879. The molecular weight excluding hydrogens is 368 g/mol. The van der Waals surface area contributed by atoms with Crippen molar-refractivity contribution < 1.29 is 20.1 Å². The van der Waals surface area contributed by atoms with Gasteiger partial charge in [-0.2, -0.15) is 0 Å². The first-order valence-electron chi connectivity index (χ1n) is 8.32. The van der Waals surface area contributed by atoms with Crippen LogP contribution in [0.2, 0.25) is 0 Å². The van der Waals surface area contributed by atoms with Crippen LogP contribution in [0.5, 0.6) is 0 Å². The second-order valence-corrected chi connectivity index (χ2v) is 5.76. The Bertz CT molecular complexity index is 736. The van der Waals surface area contributed by atoms with Crippen LogP contribution < -0.4 is 0 Å².